The van der Waals surface area contributed by atoms with Crippen molar-refractivity contribution in [2.75, 3.05) is 18.1 Å². The Morgan fingerprint density at radius 3 is 3.06 bits per heavy atom. The van der Waals surface area contributed by atoms with Gasteiger partial charge >= 0.3 is 0 Å². The molecule has 2 heterocycles. The van der Waals surface area contributed by atoms with Crippen LogP contribution in [0.15, 0.2) is 34.7 Å². The minimum Gasteiger partial charge on any atom is -0.459 e. The van der Waals surface area contributed by atoms with Crippen LogP contribution in [0.1, 0.15) is 18.7 Å². The van der Waals surface area contributed by atoms with Crippen LogP contribution in [-0.2, 0) is 0 Å². The largest absolute Gasteiger partial charge is 0.459 e. The summed E-state index contributed by atoms with van der Waals surface area (Å²) in [6, 6.07) is 10.7. The minimum atomic E-state index is 0.359. The van der Waals surface area contributed by atoms with Crippen LogP contribution in [0, 0.1) is 5.92 Å². The second-order valence-corrected chi connectivity index (χ2v) is 5.86. The van der Waals surface area contributed by atoms with Gasteiger partial charge in [0.2, 0.25) is 0 Å². The Bertz CT molecular complexity index is 475. The number of thioether (sulfide) groups is 1. The smallest absolute Gasteiger partial charge is 0.134 e. The van der Waals surface area contributed by atoms with E-state index in [1.165, 1.54) is 11.1 Å². The Labute approximate surface area is 106 Å². The van der Waals surface area contributed by atoms with Crippen molar-refractivity contribution < 1.29 is 4.42 Å². The van der Waals surface area contributed by atoms with Gasteiger partial charge in [-0.25, -0.2) is 0 Å². The minimum absolute atomic E-state index is 0.359. The van der Waals surface area contributed by atoms with Crippen LogP contribution in [0.2, 0.25) is 0 Å². The standard InChI is InChI=1S/C14H17NOS/c1-10-7-15-12(9-17-8-10)14-6-11-4-2-3-5-13(11)16-14/h2-6,10,12,15H,7-9H2,1H3. The molecule has 1 aliphatic rings. The van der Waals surface area contributed by atoms with Gasteiger partial charge in [-0.1, -0.05) is 25.1 Å². The number of hydrogen-bond acceptors (Lipinski definition) is 3. The number of benzene rings is 1. The Kier molecular flexibility index (Phi) is 3.12. The first-order chi connectivity index (χ1) is 8.33. The highest BCUT2D eigenvalue weighted by molar-refractivity contribution is 7.99. The SMILES string of the molecule is CC1CNC(c2cc3ccccc3o2)CSC1. The molecule has 1 aromatic heterocycles. The second-order valence-electron chi connectivity index (χ2n) is 4.79. The lowest BCUT2D eigenvalue weighted by Gasteiger charge is -2.12. The van der Waals surface area contributed by atoms with E-state index in [0.717, 1.165) is 29.6 Å². The molecule has 1 aromatic carbocycles. The molecule has 0 radical (unpaired) electrons. The number of furan rings is 1. The Hall–Kier alpha value is -0.930. The molecule has 17 heavy (non-hydrogen) atoms. The molecule has 0 saturated carbocycles. The zero-order chi connectivity index (χ0) is 11.7. The number of para-hydroxylation sites is 1. The first-order valence-corrected chi connectivity index (χ1v) is 7.28. The predicted octanol–water partition coefficient (Wildman–Crippen LogP) is 3.45. The fourth-order valence-electron chi connectivity index (χ4n) is 2.21. The number of nitrogens with one attached hydrogen (secondary N) is 1. The van der Waals surface area contributed by atoms with Crippen molar-refractivity contribution >= 4 is 22.7 Å². The lowest BCUT2D eigenvalue weighted by Crippen LogP contribution is -2.25. The molecule has 2 atom stereocenters. The van der Waals surface area contributed by atoms with Gasteiger partial charge in [-0.05, 0) is 30.3 Å². The van der Waals surface area contributed by atoms with Crippen molar-refractivity contribution in [2.45, 2.75) is 13.0 Å². The molecule has 90 valence electrons. The highest BCUT2D eigenvalue weighted by atomic mass is 32.2. The summed E-state index contributed by atoms with van der Waals surface area (Å²) in [4.78, 5) is 0. The molecule has 0 bridgehead atoms. The highest BCUT2D eigenvalue weighted by Gasteiger charge is 2.20. The summed E-state index contributed by atoms with van der Waals surface area (Å²) in [5.41, 5.74) is 0.992. The average Bonchev–Trinajstić information content (AvgIpc) is 2.65. The van der Waals surface area contributed by atoms with E-state index >= 15 is 0 Å². The van der Waals surface area contributed by atoms with Crippen molar-refractivity contribution in [2.24, 2.45) is 5.92 Å². The van der Waals surface area contributed by atoms with Gasteiger partial charge in [0.15, 0.2) is 0 Å². The zero-order valence-corrected chi connectivity index (χ0v) is 10.8. The van der Waals surface area contributed by atoms with E-state index in [1.54, 1.807) is 0 Å². The molecule has 3 heteroatoms. The molecule has 2 nitrogen and oxygen atoms in total. The lowest BCUT2D eigenvalue weighted by molar-refractivity contribution is 0.439. The third kappa shape index (κ3) is 2.35. The molecule has 3 rings (SSSR count). The lowest BCUT2D eigenvalue weighted by atomic mass is 10.2. The molecule has 2 unspecified atom stereocenters. The zero-order valence-electron chi connectivity index (χ0n) is 9.98. The van der Waals surface area contributed by atoms with Crippen molar-refractivity contribution in [1.29, 1.82) is 0 Å². The molecule has 0 spiro atoms. The molecule has 0 amide bonds. The van der Waals surface area contributed by atoms with E-state index in [-0.39, 0.29) is 0 Å². The molecule has 1 N–H and O–H groups in total. The van der Waals surface area contributed by atoms with E-state index in [0.29, 0.717) is 6.04 Å². The summed E-state index contributed by atoms with van der Waals surface area (Å²) in [7, 11) is 0. The predicted molar refractivity (Wildman–Crippen MR) is 73.4 cm³/mol. The van der Waals surface area contributed by atoms with Gasteiger partial charge in [0.1, 0.15) is 11.3 Å². The van der Waals surface area contributed by atoms with E-state index in [4.69, 9.17) is 4.42 Å². The van der Waals surface area contributed by atoms with Crippen molar-refractivity contribution in [1.82, 2.24) is 5.32 Å². The maximum absolute atomic E-state index is 5.92. The number of rotatable bonds is 1. The third-order valence-corrected chi connectivity index (χ3v) is 4.56. The molecule has 0 aliphatic carbocycles. The maximum Gasteiger partial charge on any atom is 0.134 e. The first kappa shape index (κ1) is 11.2. The quantitative estimate of drug-likeness (QED) is 0.835. The van der Waals surface area contributed by atoms with Crippen molar-refractivity contribution in [3.05, 3.63) is 36.1 Å². The summed E-state index contributed by atoms with van der Waals surface area (Å²) in [5, 5.41) is 4.79. The van der Waals surface area contributed by atoms with Crippen LogP contribution in [0.4, 0.5) is 0 Å². The van der Waals surface area contributed by atoms with Crippen LogP contribution in [0.25, 0.3) is 11.0 Å². The van der Waals surface area contributed by atoms with Gasteiger partial charge in [0.25, 0.3) is 0 Å². The normalized spacial score (nSPS) is 25.9. The van der Waals surface area contributed by atoms with Crippen LogP contribution < -0.4 is 5.32 Å². The van der Waals surface area contributed by atoms with E-state index in [9.17, 15) is 0 Å². The van der Waals surface area contributed by atoms with Crippen LogP contribution in [-0.4, -0.2) is 18.1 Å². The van der Waals surface area contributed by atoms with Gasteiger partial charge in [-0.15, -0.1) is 0 Å². The summed E-state index contributed by atoms with van der Waals surface area (Å²) in [5.74, 6) is 4.16. The second kappa shape index (κ2) is 4.75. The average molecular weight is 247 g/mol. The maximum atomic E-state index is 5.92. The van der Waals surface area contributed by atoms with Crippen LogP contribution >= 0.6 is 11.8 Å². The van der Waals surface area contributed by atoms with Gasteiger partial charge in [0.05, 0.1) is 6.04 Å². The molecule has 1 aliphatic heterocycles. The summed E-state index contributed by atoms with van der Waals surface area (Å²) in [6.07, 6.45) is 0. The van der Waals surface area contributed by atoms with Crippen molar-refractivity contribution in [3.8, 4) is 0 Å². The fourth-order valence-corrected chi connectivity index (χ4v) is 3.38. The molecule has 1 saturated heterocycles. The van der Waals surface area contributed by atoms with E-state index in [1.807, 2.05) is 23.9 Å². The Morgan fingerprint density at radius 2 is 2.18 bits per heavy atom. The monoisotopic (exact) mass is 247 g/mol. The van der Waals surface area contributed by atoms with E-state index in [2.05, 4.69) is 30.4 Å². The Balaban J connectivity index is 1.87. The highest BCUT2D eigenvalue weighted by Crippen LogP contribution is 2.28. The number of hydrogen-bond donors (Lipinski definition) is 1. The molecule has 1 fully saturated rings. The van der Waals surface area contributed by atoms with Gasteiger partial charge in [0, 0.05) is 11.1 Å². The molecular formula is C14H17NOS. The summed E-state index contributed by atoms with van der Waals surface area (Å²) < 4.78 is 5.92. The Morgan fingerprint density at radius 1 is 1.29 bits per heavy atom. The van der Waals surface area contributed by atoms with Gasteiger partial charge < -0.3 is 9.73 Å². The molecular weight excluding hydrogens is 230 g/mol. The summed E-state index contributed by atoms with van der Waals surface area (Å²) >= 11 is 2.01. The number of fused-ring (bicyclic) bond motifs is 1. The van der Waals surface area contributed by atoms with E-state index < -0.39 is 0 Å². The summed E-state index contributed by atoms with van der Waals surface area (Å²) in [6.45, 7) is 3.37. The van der Waals surface area contributed by atoms with Crippen molar-refractivity contribution in [3.63, 3.8) is 0 Å². The van der Waals surface area contributed by atoms with Gasteiger partial charge in [-0.2, -0.15) is 11.8 Å². The van der Waals surface area contributed by atoms with Gasteiger partial charge in [-0.3, -0.25) is 0 Å². The third-order valence-electron chi connectivity index (χ3n) is 3.19. The fraction of sp³-hybridized carbons (Fsp3) is 0.429. The van der Waals surface area contributed by atoms with Crippen LogP contribution in [0.3, 0.4) is 0 Å². The molecule has 2 aromatic rings. The topological polar surface area (TPSA) is 25.2 Å². The first-order valence-electron chi connectivity index (χ1n) is 6.12. The van der Waals surface area contributed by atoms with Crippen LogP contribution in [0.5, 0.6) is 0 Å².